The monoisotopic (exact) mass is 174 g/mol. The molecule has 0 amide bonds. The summed E-state index contributed by atoms with van der Waals surface area (Å²) in [6, 6.07) is 4.23. The second kappa shape index (κ2) is 3.38. The van der Waals surface area contributed by atoms with Gasteiger partial charge in [0.05, 0.1) is 0 Å². The van der Waals surface area contributed by atoms with Gasteiger partial charge in [0, 0.05) is 5.56 Å². The highest BCUT2D eigenvalue weighted by atomic mass is 19.3. The molecule has 4 heteroatoms. The van der Waals surface area contributed by atoms with Crippen molar-refractivity contribution in [1.29, 1.82) is 0 Å². The Kier molecular flexibility index (Phi) is 2.47. The Morgan fingerprint density at radius 3 is 2.67 bits per heavy atom. The quantitative estimate of drug-likeness (QED) is 0.745. The maximum Gasteiger partial charge on any atom is 0.387 e. The van der Waals surface area contributed by atoms with Crippen LogP contribution < -0.4 is 4.74 Å². The Balaban J connectivity index is 2.92. The SMILES string of the molecule is Cc1c(O)cccc1OC(F)F. The van der Waals surface area contributed by atoms with E-state index in [-0.39, 0.29) is 11.5 Å². The van der Waals surface area contributed by atoms with E-state index >= 15 is 0 Å². The highest BCUT2D eigenvalue weighted by Crippen LogP contribution is 2.26. The van der Waals surface area contributed by atoms with Crippen LogP contribution in [0.25, 0.3) is 0 Å². The van der Waals surface area contributed by atoms with Crippen molar-refractivity contribution in [3.8, 4) is 11.5 Å². The second-order valence-electron chi connectivity index (χ2n) is 2.28. The van der Waals surface area contributed by atoms with Gasteiger partial charge in [0.1, 0.15) is 11.5 Å². The average Bonchev–Trinajstić information content (AvgIpc) is 1.98. The Labute approximate surface area is 68.4 Å². The van der Waals surface area contributed by atoms with E-state index in [2.05, 4.69) is 4.74 Å². The molecule has 0 bridgehead atoms. The van der Waals surface area contributed by atoms with Gasteiger partial charge in [-0.15, -0.1) is 0 Å². The number of hydrogen-bond acceptors (Lipinski definition) is 2. The van der Waals surface area contributed by atoms with Crippen molar-refractivity contribution in [2.45, 2.75) is 13.5 Å². The van der Waals surface area contributed by atoms with Gasteiger partial charge < -0.3 is 9.84 Å². The molecule has 1 aromatic carbocycles. The molecule has 0 heterocycles. The highest BCUT2D eigenvalue weighted by Gasteiger charge is 2.08. The van der Waals surface area contributed by atoms with Gasteiger partial charge in [0.25, 0.3) is 0 Å². The third kappa shape index (κ3) is 1.84. The van der Waals surface area contributed by atoms with Gasteiger partial charge in [-0.05, 0) is 19.1 Å². The average molecular weight is 174 g/mol. The molecule has 0 aliphatic heterocycles. The van der Waals surface area contributed by atoms with Gasteiger partial charge in [0.2, 0.25) is 0 Å². The van der Waals surface area contributed by atoms with Crippen LogP contribution in [0.3, 0.4) is 0 Å². The molecule has 0 saturated carbocycles. The lowest BCUT2D eigenvalue weighted by Gasteiger charge is -2.07. The number of ether oxygens (including phenoxy) is 1. The predicted octanol–water partition coefficient (Wildman–Crippen LogP) is 2.30. The summed E-state index contributed by atoms with van der Waals surface area (Å²) >= 11 is 0. The van der Waals surface area contributed by atoms with Gasteiger partial charge in [-0.3, -0.25) is 0 Å². The van der Waals surface area contributed by atoms with E-state index in [1.807, 2.05) is 0 Å². The highest BCUT2D eigenvalue weighted by molar-refractivity contribution is 5.42. The molecule has 0 atom stereocenters. The number of rotatable bonds is 2. The smallest absolute Gasteiger partial charge is 0.387 e. The summed E-state index contributed by atoms with van der Waals surface area (Å²) in [7, 11) is 0. The van der Waals surface area contributed by atoms with Crippen molar-refractivity contribution in [3.05, 3.63) is 23.8 Å². The molecule has 0 unspecified atom stereocenters. The summed E-state index contributed by atoms with van der Waals surface area (Å²) in [5.41, 5.74) is 0.317. The zero-order valence-corrected chi connectivity index (χ0v) is 6.42. The molecule has 0 saturated heterocycles. The lowest BCUT2D eigenvalue weighted by atomic mass is 10.2. The van der Waals surface area contributed by atoms with E-state index in [1.165, 1.54) is 25.1 Å². The van der Waals surface area contributed by atoms with E-state index in [0.29, 0.717) is 5.56 Å². The van der Waals surface area contributed by atoms with Crippen LogP contribution >= 0.6 is 0 Å². The molecule has 0 aliphatic rings. The Hall–Kier alpha value is -1.32. The molecule has 1 N–H and O–H groups in total. The van der Waals surface area contributed by atoms with Crippen LogP contribution in [0.2, 0.25) is 0 Å². The maximum atomic E-state index is 11.7. The molecule has 12 heavy (non-hydrogen) atoms. The lowest BCUT2D eigenvalue weighted by molar-refractivity contribution is -0.0503. The lowest BCUT2D eigenvalue weighted by Crippen LogP contribution is -2.02. The van der Waals surface area contributed by atoms with Crippen molar-refractivity contribution in [1.82, 2.24) is 0 Å². The molecule has 1 aromatic rings. The summed E-state index contributed by atoms with van der Waals surface area (Å²) in [6.07, 6.45) is 0. The number of benzene rings is 1. The number of halogens is 2. The largest absolute Gasteiger partial charge is 0.508 e. The maximum absolute atomic E-state index is 11.7. The van der Waals surface area contributed by atoms with E-state index in [4.69, 9.17) is 5.11 Å². The third-order valence-electron chi connectivity index (χ3n) is 1.47. The summed E-state index contributed by atoms with van der Waals surface area (Å²) in [5.74, 6) is -0.0434. The molecule has 0 aliphatic carbocycles. The van der Waals surface area contributed by atoms with Gasteiger partial charge in [0.15, 0.2) is 0 Å². The van der Waals surface area contributed by atoms with Crippen LogP contribution in [0.1, 0.15) is 5.56 Å². The van der Waals surface area contributed by atoms with E-state index in [0.717, 1.165) is 0 Å². The van der Waals surface area contributed by atoms with Gasteiger partial charge in [-0.1, -0.05) is 6.07 Å². The zero-order valence-electron chi connectivity index (χ0n) is 6.42. The first kappa shape index (κ1) is 8.77. The predicted molar refractivity (Wildman–Crippen MR) is 39.5 cm³/mol. The van der Waals surface area contributed by atoms with Gasteiger partial charge >= 0.3 is 6.61 Å². The number of phenols is 1. The minimum absolute atomic E-state index is 0.00463. The molecule has 0 spiro atoms. The summed E-state index contributed by atoms with van der Waals surface area (Å²) < 4.78 is 27.6. The number of alkyl halides is 2. The molecule has 0 fully saturated rings. The van der Waals surface area contributed by atoms with Crippen molar-refractivity contribution >= 4 is 0 Å². The molecule has 2 nitrogen and oxygen atoms in total. The fourth-order valence-corrected chi connectivity index (χ4v) is 0.827. The van der Waals surface area contributed by atoms with Crippen molar-refractivity contribution in [2.24, 2.45) is 0 Å². The van der Waals surface area contributed by atoms with Crippen LogP contribution in [0.5, 0.6) is 11.5 Å². The normalized spacial score (nSPS) is 10.3. The van der Waals surface area contributed by atoms with E-state index in [9.17, 15) is 8.78 Å². The summed E-state index contributed by atoms with van der Waals surface area (Å²) in [6.45, 7) is -1.35. The first-order valence-electron chi connectivity index (χ1n) is 3.34. The van der Waals surface area contributed by atoms with Crippen LogP contribution in [-0.4, -0.2) is 11.7 Å². The van der Waals surface area contributed by atoms with Crippen LogP contribution in [0.15, 0.2) is 18.2 Å². The van der Waals surface area contributed by atoms with Gasteiger partial charge in [-0.25, -0.2) is 0 Å². The van der Waals surface area contributed by atoms with Crippen molar-refractivity contribution < 1.29 is 18.6 Å². The van der Waals surface area contributed by atoms with Crippen molar-refractivity contribution in [2.75, 3.05) is 0 Å². The minimum Gasteiger partial charge on any atom is -0.508 e. The fraction of sp³-hybridized carbons (Fsp3) is 0.250. The van der Waals surface area contributed by atoms with Crippen LogP contribution in [0, 0.1) is 6.92 Å². The number of hydrogen-bond donors (Lipinski definition) is 1. The Morgan fingerprint density at radius 1 is 1.42 bits per heavy atom. The molecular formula is C8H8F2O2. The van der Waals surface area contributed by atoms with E-state index in [1.54, 1.807) is 0 Å². The summed E-state index contributed by atoms with van der Waals surface area (Å²) in [5, 5.41) is 9.09. The van der Waals surface area contributed by atoms with Crippen molar-refractivity contribution in [3.63, 3.8) is 0 Å². The fourth-order valence-electron chi connectivity index (χ4n) is 0.827. The molecule has 66 valence electrons. The topological polar surface area (TPSA) is 29.5 Å². The molecule has 0 radical (unpaired) electrons. The zero-order chi connectivity index (χ0) is 9.14. The van der Waals surface area contributed by atoms with Gasteiger partial charge in [-0.2, -0.15) is 8.78 Å². The molecular weight excluding hydrogens is 166 g/mol. The Morgan fingerprint density at radius 2 is 2.08 bits per heavy atom. The first-order valence-corrected chi connectivity index (χ1v) is 3.34. The van der Waals surface area contributed by atoms with E-state index < -0.39 is 6.61 Å². The number of phenolic OH excluding ortho intramolecular Hbond substituents is 1. The standard InChI is InChI=1S/C8H8F2O2/c1-5-6(11)3-2-4-7(5)12-8(9)10/h2-4,8,11H,1H3. The first-order chi connectivity index (χ1) is 5.61. The molecule has 0 aromatic heterocycles. The third-order valence-corrected chi connectivity index (χ3v) is 1.47. The Bertz CT molecular complexity index is 274. The summed E-state index contributed by atoms with van der Waals surface area (Å²) in [4.78, 5) is 0. The second-order valence-corrected chi connectivity index (χ2v) is 2.28. The minimum atomic E-state index is -2.86. The van der Waals surface area contributed by atoms with Crippen LogP contribution in [0.4, 0.5) is 8.78 Å². The van der Waals surface area contributed by atoms with Crippen LogP contribution in [-0.2, 0) is 0 Å². The molecule has 1 rings (SSSR count). The number of aromatic hydroxyl groups is 1.